The highest BCUT2D eigenvalue weighted by atomic mass is 32.1. The van der Waals surface area contributed by atoms with Gasteiger partial charge in [0, 0.05) is 5.56 Å². The van der Waals surface area contributed by atoms with E-state index in [-0.39, 0.29) is 6.61 Å². The molecule has 1 N–H and O–H groups in total. The summed E-state index contributed by atoms with van der Waals surface area (Å²) in [5, 5.41) is 20.3. The lowest BCUT2D eigenvalue weighted by molar-refractivity contribution is -0.116. The molecule has 2 heterocycles. The Kier molecular flexibility index (Phi) is 7.62. The van der Waals surface area contributed by atoms with E-state index < -0.39 is 6.10 Å². The number of aryl methyl sites for hydroxylation is 2. The number of aldehydes is 1. The molecule has 0 fully saturated rings. The lowest BCUT2D eigenvalue weighted by atomic mass is 9.98. The van der Waals surface area contributed by atoms with E-state index in [9.17, 15) is 9.90 Å². The van der Waals surface area contributed by atoms with Crippen molar-refractivity contribution in [1.82, 2.24) is 10.2 Å². The van der Waals surface area contributed by atoms with Gasteiger partial charge in [0.15, 0.2) is 6.29 Å². The average molecular weight is 443 g/mol. The normalized spacial score (nSPS) is 12.4. The van der Waals surface area contributed by atoms with Gasteiger partial charge in [0.1, 0.15) is 18.5 Å². The number of ether oxygens (including phenoxy) is 1. The fraction of sp³-hybridized carbons (Fsp3) is 0.458. The second-order valence-electron chi connectivity index (χ2n) is 8.28. The van der Waals surface area contributed by atoms with Crippen LogP contribution in [-0.4, -0.2) is 34.3 Å². The molecule has 1 aromatic carbocycles. The number of aliphatic hydroxyl groups excluding tert-OH is 1. The highest BCUT2D eigenvalue weighted by molar-refractivity contribution is 7.13. The van der Waals surface area contributed by atoms with Crippen LogP contribution in [0.25, 0.3) is 22.2 Å². The van der Waals surface area contributed by atoms with E-state index in [4.69, 9.17) is 9.15 Å². The van der Waals surface area contributed by atoms with Crippen LogP contribution in [0.5, 0.6) is 5.75 Å². The Balaban J connectivity index is 1.89. The third-order valence-electron chi connectivity index (χ3n) is 4.99. The number of carbonyl (C=O) groups excluding carboxylic acids is 1. The van der Waals surface area contributed by atoms with E-state index in [1.165, 1.54) is 11.1 Å². The number of nitrogens with zero attached hydrogens (tertiary/aromatic N) is 2. The van der Waals surface area contributed by atoms with Gasteiger partial charge < -0.3 is 19.1 Å². The van der Waals surface area contributed by atoms with Crippen LogP contribution in [0.2, 0.25) is 0 Å². The molecule has 2 aromatic heterocycles. The first-order chi connectivity index (χ1) is 14.8. The first-order valence-corrected chi connectivity index (χ1v) is 11.5. The summed E-state index contributed by atoms with van der Waals surface area (Å²) in [7, 11) is 0. The standard InChI is InChI=1S/C24H30N2O4S/c1-6-7-20-18(8-14(2)3)13-31-22(20)24-26-25-23(30-24)17-9-15(4)21(16(5)10-17)29-12-19(28)11-27/h9-11,13-14,19,28H,6-8,12H2,1-5H3. The summed E-state index contributed by atoms with van der Waals surface area (Å²) in [6.07, 6.45) is 2.43. The van der Waals surface area contributed by atoms with Gasteiger partial charge in [0.05, 0.1) is 4.88 Å². The third kappa shape index (κ3) is 5.40. The molecule has 3 aromatic rings. The van der Waals surface area contributed by atoms with Gasteiger partial charge in [-0.05, 0) is 72.4 Å². The Labute approximate surface area is 187 Å². The molecule has 0 spiro atoms. The molecule has 0 aliphatic heterocycles. The van der Waals surface area contributed by atoms with Gasteiger partial charge in [0.2, 0.25) is 5.89 Å². The Bertz CT molecular complexity index is 1020. The first kappa shape index (κ1) is 23.2. The van der Waals surface area contributed by atoms with Crippen molar-refractivity contribution < 1.29 is 19.1 Å². The number of carbonyl (C=O) groups is 1. The fourth-order valence-electron chi connectivity index (χ4n) is 3.67. The zero-order valence-corrected chi connectivity index (χ0v) is 19.6. The maximum Gasteiger partial charge on any atom is 0.258 e. The minimum absolute atomic E-state index is 0.0769. The quantitative estimate of drug-likeness (QED) is 0.436. The van der Waals surface area contributed by atoms with Crippen molar-refractivity contribution in [1.29, 1.82) is 0 Å². The van der Waals surface area contributed by atoms with Crippen molar-refractivity contribution in [2.24, 2.45) is 5.92 Å². The van der Waals surface area contributed by atoms with Gasteiger partial charge in [-0.15, -0.1) is 21.5 Å². The summed E-state index contributed by atoms with van der Waals surface area (Å²) in [4.78, 5) is 11.7. The van der Waals surface area contributed by atoms with Gasteiger partial charge in [-0.3, -0.25) is 0 Å². The monoisotopic (exact) mass is 442 g/mol. The number of rotatable bonds is 10. The van der Waals surface area contributed by atoms with Crippen LogP contribution in [0.3, 0.4) is 0 Å². The zero-order valence-electron chi connectivity index (χ0n) is 18.8. The Morgan fingerprint density at radius 2 is 1.87 bits per heavy atom. The molecule has 0 saturated carbocycles. The molecule has 7 heteroatoms. The van der Waals surface area contributed by atoms with Crippen LogP contribution >= 0.6 is 11.3 Å². The van der Waals surface area contributed by atoms with Crippen molar-refractivity contribution in [3.63, 3.8) is 0 Å². The number of thiophene rings is 1. The van der Waals surface area contributed by atoms with Gasteiger partial charge in [-0.2, -0.15) is 0 Å². The second-order valence-corrected chi connectivity index (χ2v) is 9.16. The maximum atomic E-state index is 10.6. The molecule has 0 amide bonds. The van der Waals surface area contributed by atoms with Crippen LogP contribution in [0.4, 0.5) is 0 Å². The molecule has 0 radical (unpaired) electrons. The van der Waals surface area contributed by atoms with E-state index in [1.807, 2.05) is 26.0 Å². The Morgan fingerprint density at radius 3 is 2.48 bits per heavy atom. The molecule has 0 aliphatic rings. The van der Waals surface area contributed by atoms with Crippen LogP contribution in [0.15, 0.2) is 21.9 Å². The van der Waals surface area contributed by atoms with E-state index in [0.29, 0.717) is 29.7 Å². The molecule has 0 saturated heterocycles. The minimum atomic E-state index is -1.14. The van der Waals surface area contributed by atoms with Crippen molar-refractivity contribution in [2.45, 2.75) is 60.0 Å². The molecule has 0 aliphatic carbocycles. The van der Waals surface area contributed by atoms with Gasteiger partial charge in [0.25, 0.3) is 5.89 Å². The maximum absolute atomic E-state index is 10.6. The highest BCUT2D eigenvalue weighted by Gasteiger charge is 2.20. The van der Waals surface area contributed by atoms with Crippen LogP contribution in [-0.2, 0) is 17.6 Å². The number of aliphatic hydroxyl groups is 1. The van der Waals surface area contributed by atoms with Crippen LogP contribution in [0, 0.1) is 19.8 Å². The van der Waals surface area contributed by atoms with E-state index >= 15 is 0 Å². The second kappa shape index (κ2) is 10.2. The zero-order chi connectivity index (χ0) is 22.5. The summed E-state index contributed by atoms with van der Waals surface area (Å²) in [6, 6.07) is 3.83. The summed E-state index contributed by atoms with van der Waals surface area (Å²) in [6.45, 7) is 10.4. The number of aromatic nitrogens is 2. The largest absolute Gasteiger partial charge is 0.490 e. The summed E-state index contributed by atoms with van der Waals surface area (Å²) < 4.78 is 11.7. The Hall–Kier alpha value is -2.51. The van der Waals surface area contributed by atoms with Gasteiger partial charge in [-0.25, -0.2) is 0 Å². The van der Waals surface area contributed by atoms with Gasteiger partial charge in [-0.1, -0.05) is 27.2 Å². The predicted octanol–water partition coefficient (Wildman–Crippen LogP) is 5.17. The van der Waals surface area contributed by atoms with E-state index in [0.717, 1.165) is 40.8 Å². The molecule has 166 valence electrons. The van der Waals surface area contributed by atoms with Crippen molar-refractivity contribution in [2.75, 3.05) is 6.61 Å². The number of hydrogen-bond donors (Lipinski definition) is 1. The van der Waals surface area contributed by atoms with Crippen molar-refractivity contribution in [3.05, 3.63) is 39.8 Å². The molecule has 6 nitrogen and oxygen atoms in total. The molecular weight excluding hydrogens is 412 g/mol. The molecule has 31 heavy (non-hydrogen) atoms. The summed E-state index contributed by atoms with van der Waals surface area (Å²) in [5.74, 6) is 2.26. The summed E-state index contributed by atoms with van der Waals surface area (Å²) >= 11 is 1.67. The molecule has 1 atom stereocenters. The lowest BCUT2D eigenvalue weighted by Crippen LogP contribution is -2.19. The lowest BCUT2D eigenvalue weighted by Gasteiger charge is -2.13. The molecule has 3 rings (SSSR count). The fourth-order valence-corrected chi connectivity index (χ4v) is 4.73. The predicted molar refractivity (Wildman–Crippen MR) is 123 cm³/mol. The minimum Gasteiger partial charge on any atom is -0.490 e. The smallest absolute Gasteiger partial charge is 0.258 e. The SMILES string of the molecule is CCCc1c(CC(C)C)csc1-c1nnc(-c2cc(C)c(OCC(O)C=O)c(C)c2)o1. The third-order valence-corrected chi connectivity index (χ3v) is 6.05. The number of benzene rings is 1. The topological polar surface area (TPSA) is 85.5 Å². The van der Waals surface area contributed by atoms with Crippen molar-refractivity contribution in [3.8, 4) is 28.0 Å². The van der Waals surface area contributed by atoms with E-state index in [1.54, 1.807) is 11.3 Å². The molecule has 0 bridgehead atoms. The highest BCUT2D eigenvalue weighted by Crippen LogP contribution is 2.36. The molecular formula is C24H30N2O4S. The number of hydrogen-bond acceptors (Lipinski definition) is 7. The average Bonchev–Trinajstić information content (AvgIpc) is 3.34. The van der Waals surface area contributed by atoms with Crippen molar-refractivity contribution >= 4 is 17.6 Å². The van der Waals surface area contributed by atoms with E-state index in [2.05, 4.69) is 36.3 Å². The first-order valence-electron chi connectivity index (χ1n) is 10.6. The Morgan fingerprint density at radius 1 is 1.19 bits per heavy atom. The van der Waals surface area contributed by atoms with Gasteiger partial charge >= 0.3 is 0 Å². The molecule has 1 unspecified atom stereocenters. The summed E-state index contributed by atoms with van der Waals surface area (Å²) in [5.41, 5.74) is 5.25. The van der Waals surface area contributed by atoms with Crippen LogP contribution < -0.4 is 4.74 Å². The van der Waals surface area contributed by atoms with Crippen LogP contribution in [0.1, 0.15) is 49.4 Å².